The van der Waals surface area contributed by atoms with Crippen LogP contribution in [0.3, 0.4) is 0 Å². The number of oxazole rings is 1. The molecule has 8 nitrogen and oxygen atoms in total. The maximum Gasteiger partial charge on any atom is 0.324 e. The molecule has 1 aliphatic heterocycles. The van der Waals surface area contributed by atoms with Gasteiger partial charge in [0, 0.05) is 39.8 Å². The standard InChI is InChI=1S/C26H24BrN5O3/c27-21-3-1-2-19(14-21)23-29-25(35-31-23)32-12-8-20(9-13-32)26(10-11-26)30-24(33)18-6-4-17(5-7-18)22-15-28-16-34-22/h1-7,14-16,20H,8-13H2,(H,30,33). The van der Waals surface area contributed by atoms with E-state index in [1.807, 2.05) is 48.5 Å². The van der Waals surface area contributed by atoms with Crippen LogP contribution < -0.4 is 10.2 Å². The molecule has 0 unspecified atom stereocenters. The summed E-state index contributed by atoms with van der Waals surface area (Å²) >= 11 is 3.48. The van der Waals surface area contributed by atoms with Crippen molar-refractivity contribution in [3.63, 3.8) is 0 Å². The Bertz CT molecular complexity index is 1320. The molecule has 0 bridgehead atoms. The van der Waals surface area contributed by atoms with Gasteiger partial charge in [-0.3, -0.25) is 4.79 Å². The predicted molar refractivity (Wildman–Crippen MR) is 134 cm³/mol. The number of amides is 1. The van der Waals surface area contributed by atoms with Gasteiger partial charge in [0.25, 0.3) is 5.91 Å². The molecule has 2 aliphatic rings. The zero-order valence-electron chi connectivity index (χ0n) is 19.0. The molecular weight excluding hydrogens is 510 g/mol. The maximum atomic E-state index is 13.0. The summed E-state index contributed by atoms with van der Waals surface area (Å²) in [5.41, 5.74) is 2.36. The first-order valence-electron chi connectivity index (χ1n) is 11.8. The number of hydrogen-bond donors (Lipinski definition) is 1. The Kier molecular flexibility index (Phi) is 5.64. The number of halogens is 1. The summed E-state index contributed by atoms with van der Waals surface area (Å²) in [6.45, 7) is 1.66. The van der Waals surface area contributed by atoms with Crippen LogP contribution in [-0.4, -0.2) is 39.7 Å². The highest BCUT2D eigenvalue weighted by Gasteiger charge is 2.51. The molecule has 2 aromatic carbocycles. The molecule has 3 heterocycles. The van der Waals surface area contributed by atoms with Crippen molar-refractivity contribution in [2.45, 2.75) is 31.2 Å². The highest BCUT2D eigenvalue weighted by atomic mass is 79.9. The number of nitrogens with one attached hydrogen (secondary N) is 1. The van der Waals surface area contributed by atoms with Crippen molar-refractivity contribution >= 4 is 27.9 Å². The van der Waals surface area contributed by atoms with Gasteiger partial charge in [0.2, 0.25) is 5.82 Å². The van der Waals surface area contributed by atoms with E-state index in [2.05, 4.69) is 41.3 Å². The number of carbonyl (C=O) groups is 1. The number of anilines is 1. The molecule has 35 heavy (non-hydrogen) atoms. The number of rotatable bonds is 6. The lowest BCUT2D eigenvalue weighted by Gasteiger charge is -2.36. The zero-order valence-corrected chi connectivity index (χ0v) is 20.6. The third-order valence-electron chi connectivity index (χ3n) is 7.06. The molecule has 1 saturated carbocycles. The van der Waals surface area contributed by atoms with E-state index in [1.165, 1.54) is 6.39 Å². The van der Waals surface area contributed by atoms with Gasteiger partial charge in [0.1, 0.15) is 0 Å². The van der Waals surface area contributed by atoms with Crippen LogP contribution in [0.25, 0.3) is 22.7 Å². The van der Waals surface area contributed by atoms with Gasteiger partial charge in [-0.1, -0.05) is 45.4 Å². The predicted octanol–water partition coefficient (Wildman–Crippen LogP) is 5.33. The molecule has 1 saturated heterocycles. The second kappa shape index (κ2) is 8.96. The van der Waals surface area contributed by atoms with Gasteiger partial charge in [-0.25, -0.2) is 4.98 Å². The average Bonchev–Trinajstić information content (AvgIpc) is 3.28. The lowest BCUT2D eigenvalue weighted by atomic mass is 9.87. The quantitative estimate of drug-likeness (QED) is 0.357. The third kappa shape index (κ3) is 4.48. The number of carbonyl (C=O) groups excluding carboxylic acids is 1. The van der Waals surface area contributed by atoms with Gasteiger partial charge in [-0.2, -0.15) is 4.98 Å². The first-order valence-corrected chi connectivity index (χ1v) is 12.5. The first kappa shape index (κ1) is 22.0. The average molecular weight is 534 g/mol. The van der Waals surface area contributed by atoms with Crippen LogP contribution in [-0.2, 0) is 0 Å². The van der Waals surface area contributed by atoms with E-state index in [-0.39, 0.29) is 11.4 Å². The van der Waals surface area contributed by atoms with Crippen LogP contribution in [0, 0.1) is 5.92 Å². The Hall–Kier alpha value is -3.46. The van der Waals surface area contributed by atoms with Gasteiger partial charge < -0.3 is 19.2 Å². The Morgan fingerprint density at radius 3 is 2.57 bits per heavy atom. The fourth-order valence-corrected chi connectivity index (χ4v) is 5.32. The summed E-state index contributed by atoms with van der Waals surface area (Å²) in [7, 11) is 0. The molecule has 4 aromatic rings. The van der Waals surface area contributed by atoms with Gasteiger partial charge in [0.15, 0.2) is 12.2 Å². The van der Waals surface area contributed by atoms with E-state index in [4.69, 9.17) is 8.94 Å². The molecule has 1 N–H and O–H groups in total. The third-order valence-corrected chi connectivity index (χ3v) is 7.55. The highest BCUT2D eigenvalue weighted by molar-refractivity contribution is 9.10. The second-order valence-electron chi connectivity index (χ2n) is 9.23. The second-order valence-corrected chi connectivity index (χ2v) is 10.1. The molecular formula is C26H24BrN5O3. The first-order chi connectivity index (χ1) is 17.1. The van der Waals surface area contributed by atoms with Crippen molar-refractivity contribution in [3.8, 4) is 22.7 Å². The minimum Gasteiger partial charge on any atom is -0.444 e. The minimum atomic E-state index is -0.108. The van der Waals surface area contributed by atoms with Gasteiger partial charge in [-0.05, 0) is 55.9 Å². The van der Waals surface area contributed by atoms with Crippen molar-refractivity contribution in [1.82, 2.24) is 20.4 Å². The summed E-state index contributed by atoms with van der Waals surface area (Å²) in [6.07, 6.45) is 7.05. The molecule has 178 valence electrons. The van der Waals surface area contributed by atoms with Crippen molar-refractivity contribution in [2.24, 2.45) is 5.92 Å². The Labute approximate surface area is 210 Å². The fraction of sp³-hybridized carbons (Fsp3) is 0.308. The number of piperidine rings is 1. The summed E-state index contributed by atoms with van der Waals surface area (Å²) in [5, 5.41) is 7.51. The number of benzene rings is 2. The molecule has 1 aliphatic carbocycles. The molecule has 6 rings (SSSR count). The van der Waals surface area contributed by atoms with E-state index < -0.39 is 0 Å². The lowest BCUT2D eigenvalue weighted by molar-refractivity contribution is 0.0905. The summed E-state index contributed by atoms with van der Waals surface area (Å²) in [6, 6.07) is 15.9. The summed E-state index contributed by atoms with van der Waals surface area (Å²) in [5.74, 6) is 1.68. The van der Waals surface area contributed by atoms with E-state index in [0.717, 1.165) is 54.4 Å². The van der Waals surface area contributed by atoms with Crippen LogP contribution >= 0.6 is 15.9 Å². The highest BCUT2D eigenvalue weighted by Crippen LogP contribution is 2.47. The molecule has 2 aromatic heterocycles. The van der Waals surface area contributed by atoms with Crippen LogP contribution in [0.1, 0.15) is 36.0 Å². The van der Waals surface area contributed by atoms with Crippen LogP contribution in [0.5, 0.6) is 0 Å². The smallest absolute Gasteiger partial charge is 0.324 e. The van der Waals surface area contributed by atoms with Crippen molar-refractivity contribution in [2.75, 3.05) is 18.0 Å². The minimum absolute atomic E-state index is 0.0235. The number of nitrogens with zero attached hydrogens (tertiary/aromatic N) is 4. The molecule has 0 spiro atoms. The lowest BCUT2D eigenvalue weighted by Crippen LogP contribution is -2.47. The Morgan fingerprint density at radius 2 is 1.89 bits per heavy atom. The van der Waals surface area contributed by atoms with Gasteiger partial charge in [0.05, 0.1) is 6.20 Å². The number of hydrogen-bond acceptors (Lipinski definition) is 7. The Morgan fingerprint density at radius 1 is 1.09 bits per heavy atom. The van der Waals surface area contributed by atoms with Gasteiger partial charge >= 0.3 is 6.01 Å². The van der Waals surface area contributed by atoms with Crippen molar-refractivity contribution in [1.29, 1.82) is 0 Å². The summed E-state index contributed by atoms with van der Waals surface area (Å²) in [4.78, 5) is 23.7. The molecule has 9 heteroatoms. The van der Waals surface area contributed by atoms with Crippen LogP contribution in [0.15, 0.2) is 74.5 Å². The molecule has 0 radical (unpaired) electrons. The zero-order chi connectivity index (χ0) is 23.8. The van der Waals surface area contributed by atoms with Crippen molar-refractivity contribution in [3.05, 3.63) is 71.2 Å². The summed E-state index contributed by atoms with van der Waals surface area (Å²) < 4.78 is 11.9. The van der Waals surface area contributed by atoms with E-state index >= 15 is 0 Å². The van der Waals surface area contributed by atoms with E-state index in [1.54, 1.807) is 6.20 Å². The van der Waals surface area contributed by atoms with Crippen molar-refractivity contribution < 1.29 is 13.7 Å². The number of aromatic nitrogens is 3. The maximum absolute atomic E-state index is 13.0. The SMILES string of the molecule is O=C(NC1(C2CCN(c3nc(-c4cccc(Br)c4)no3)CC2)CC1)c1ccc(-c2cnco2)cc1. The topological polar surface area (TPSA) is 97.3 Å². The van der Waals surface area contributed by atoms with E-state index in [0.29, 0.717) is 29.1 Å². The molecule has 1 amide bonds. The Balaban J connectivity index is 1.07. The molecule has 2 fully saturated rings. The normalized spacial score (nSPS) is 17.3. The largest absolute Gasteiger partial charge is 0.444 e. The molecule has 0 atom stereocenters. The van der Waals surface area contributed by atoms with Crippen LogP contribution in [0.2, 0.25) is 0 Å². The monoisotopic (exact) mass is 533 g/mol. The van der Waals surface area contributed by atoms with Crippen LogP contribution in [0.4, 0.5) is 6.01 Å². The van der Waals surface area contributed by atoms with Gasteiger partial charge in [-0.15, -0.1) is 0 Å². The van der Waals surface area contributed by atoms with E-state index in [9.17, 15) is 4.79 Å². The fourth-order valence-electron chi connectivity index (χ4n) is 4.92.